The lowest BCUT2D eigenvalue weighted by Gasteiger charge is -2.14. The van der Waals surface area contributed by atoms with E-state index in [-0.39, 0.29) is 17.3 Å². The van der Waals surface area contributed by atoms with Gasteiger partial charge in [0, 0.05) is 31.4 Å². The van der Waals surface area contributed by atoms with Gasteiger partial charge in [0.1, 0.15) is 5.75 Å². The number of thiophene rings is 1. The van der Waals surface area contributed by atoms with Crippen LogP contribution in [0.25, 0.3) is 10.2 Å². The van der Waals surface area contributed by atoms with Gasteiger partial charge in [-0.15, -0.1) is 11.3 Å². The van der Waals surface area contributed by atoms with E-state index in [9.17, 15) is 19.3 Å². The molecule has 144 valence electrons. The van der Waals surface area contributed by atoms with Crippen LogP contribution in [0.15, 0.2) is 36.5 Å². The van der Waals surface area contributed by atoms with Crippen molar-refractivity contribution in [3.8, 4) is 11.5 Å². The number of likely N-dealkylation sites (tertiary alicyclic amines) is 1. The molecular weight excluding hydrogens is 385 g/mol. The summed E-state index contributed by atoms with van der Waals surface area (Å²) in [7, 11) is 0. The molecule has 1 aliphatic rings. The number of nitrogens with zero attached hydrogens (tertiary/aromatic N) is 3. The Labute approximate surface area is 163 Å². The summed E-state index contributed by atoms with van der Waals surface area (Å²) in [6, 6.07) is 6.49. The van der Waals surface area contributed by atoms with Crippen molar-refractivity contribution in [2.24, 2.45) is 5.92 Å². The molecule has 0 N–H and O–H groups in total. The van der Waals surface area contributed by atoms with Crippen molar-refractivity contribution >= 4 is 33.1 Å². The molecule has 28 heavy (non-hydrogen) atoms. The van der Waals surface area contributed by atoms with Crippen molar-refractivity contribution in [3.63, 3.8) is 0 Å². The Morgan fingerprint density at radius 3 is 2.86 bits per heavy atom. The Morgan fingerprint density at radius 2 is 2.18 bits per heavy atom. The van der Waals surface area contributed by atoms with E-state index >= 15 is 0 Å². The number of ether oxygens (including phenoxy) is 1. The number of halogens is 1. The van der Waals surface area contributed by atoms with E-state index in [2.05, 4.69) is 11.9 Å². The maximum atomic E-state index is 14.2. The number of hydrogen-bond acceptors (Lipinski definition) is 6. The van der Waals surface area contributed by atoms with E-state index in [0.29, 0.717) is 26.8 Å². The summed E-state index contributed by atoms with van der Waals surface area (Å²) in [4.78, 5) is 29.4. The highest BCUT2D eigenvalue weighted by atomic mass is 32.1. The van der Waals surface area contributed by atoms with Crippen molar-refractivity contribution in [2.45, 2.75) is 13.3 Å². The highest BCUT2D eigenvalue weighted by Gasteiger charge is 2.26. The fraction of sp³-hybridized carbons (Fsp3) is 0.263. The van der Waals surface area contributed by atoms with Gasteiger partial charge in [0.2, 0.25) is 0 Å². The second-order valence-electron chi connectivity index (χ2n) is 6.75. The summed E-state index contributed by atoms with van der Waals surface area (Å²) in [6.07, 6.45) is 2.50. The molecule has 0 unspecified atom stereocenters. The van der Waals surface area contributed by atoms with Crippen LogP contribution in [0.2, 0.25) is 0 Å². The highest BCUT2D eigenvalue weighted by molar-refractivity contribution is 7.21. The monoisotopic (exact) mass is 401 g/mol. The highest BCUT2D eigenvalue weighted by Crippen LogP contribution is 2.37. The average molecular weight is 401 g/mol. The van der Waals surface area contributed by atoms with Gasteiger partial charge in [-0.05, 0) is 24.5 Å². The second-order valence-corrected chi connectivity index (χ2v) is 7.81. The number of aromatic nitrogens is 1. The van der Waals surface area contributed by atoms with Crippen molar-refractivity contribution < 1.29 is 18.8 Å². The van der Waals surface area contributed by atoms with Crippen LogP contribution >= 0.6 is 11.3 Å². The van der Waals surface area contributed by atoms with Gasteiger partial charge in [0.15, 0.2) is 11.6 Å². The third-order valence-corrected chi connectivity index (χ3v) is 5.77. The van der Waals surface area contributed by atoms with E-state index in [1.165, 1.54) is 29.7 Å². The fourth-order valence-electron chi connectivity index (χ4n) is 3.18. The first-order chi connectivity index (χ1) is 13.4. The Morgan fingerprint density at radius 1 is 1.36 bits per heavy atom. The first-order valence-corrected chi connectivity index (χ1v) is 9.53. The third kappa shape index (κ3) is 3.40. The predicted molar refractivity (Wildman–Crippen MR) is 102 cm³/mol. The van der Waals surface area contributed by atoms with Crippen molar-refractivity contribution in [2.75, 3.05) is 13.1 Å². The maximum absolute atomic E-state index is 14.2. The van der Waals surface area contributed by atoms with E-state index in [0.717, 1.165) is 25.6 Å². The first-order valence-electron chi connectivity index (χ1n) is 8.72. The van der Waals surface area contributed by atoms with Crippen LogP contribution in [-0.2, 0) is 0 Å². The Bertz CT molecular complexity index is 1080. The molecule has 1 atom stereocenters. The minimum Gasteiger partial charge on any atom is -0.453 e. The summed E-state index contributed by atoms with van der Waals surface area (Å²) in [5, 5.41) is 10.7. The molecule has 2 aromatic heterocycles. The molecule has 0 saturated carbocycles. The number of carbonyl (C=O) groups excluding carboxylic acids is 1. The van der Waals surface area contributed by atoms with Crippen LogP contribution in [0.5, 0.6) is 11.5 Å². The van der Waals surface area contributed by atoms with Gasteiger partial charge in [-0.3, -0.25) is 19.9 Å². The molecule has 1 aliphatic heterocycles. The molecule has 0 bridgehead atoms. The number of nitro groups is 1. The maximum Gasteiger partial charge on any atom is 0.272 e. The SMILES string of the molecule is C[C@@H]1CCN(C(=O)c2cc3nccc(Oc4ccc([N+](=O)[O-])cc4F)c3s2)C1. The molecule has 3 aromatic rings. The van der Waals surface area contributed by atoms with Crippen LogP contribution in [0.4, 0.5) is 10.1 Å². The van der Waals surface area contributed by atoms with E-state index in [4.69, 9.17) is 4.74 Å². The number of benzene rings is 1. The molecule has 0 aliphatic carbocycles. The van der Waals surface area contributed by atoms with Crippen molar-refractivity contribution in [1.82, 2.24) is 9.88 Å². The molecule has 4 rings (SSSR count). The second kappa shape index (κ2) is 7.16. The predicted octanol–water partition coefficient (Wildman–Crippen LogP) is 4.62. The third-order valence-electron chi connectivity index (χ3n) is 4.64. The molecule has 0 radical (unpaired) electrons. The summed E-state index contributed by atoms with van der Waals surface area (Å²) >= 11 is 1.24. The standard InChI is InChI=1S/C19H16FN3O4S/c1-11-5-7-22(10-11)19(24)17-9-14-18(28-17)16(4-6-21-14)27-15-3-2-12(23(25)26)8-13(15)20/h2-4,6,8-9,11H,5,7,10H2,1H3/t11-/m1/s1. The number of rotatable bonds is 4. The fourth-order valence-corrected chi connectivity index (χ4v) is 4.21. The van der Waals surface area contributed by atoms with Crippen LogP contribution in [0.3, 0.4) is 0 Å². The van der Waals surface area contributed by atoms with Gasteiger partial charge in [0.25, 0.3) is 11.6 Å². The smallest absolute Gasteiger partial charge is 0.272 e. The van der Waals surface area contributed by atoms with Gasteiger partial charge in [0.05, 0.1) is 26.1 Å². The van der Waals surface area contributed by atoms with E-state index < -0.39 is 10.7 Å². The number of non-ortho nitro benzene ring substituents is 1. The lowest BCUT2D eigenvalue weighted by molar-refractivity contribution is -0.385. The number of pyridine rings is 1. The first kappa shape index (κ1) is 18.3. The molecule has 9 heteroatoms. The average Bonchev–Trinajstić information content (AvgIpc) is 3.29. The van der Waals surface area contributed by atoms with Gasteiger partial charge < -0.3 is 9.64 Å². The normalized spacial score (nSPS) is 16.5. The number of fused-ring (bicyclic) bond motifs is 1. The lowest BCUT2D eigenvalue weighted by atomic mass is 10.2. The van der Waals surface area contributed by atoms with E-state index in [1.807, 2.05) is 4.90 Å². The van der Waals surface area contributed by atoms with Gasteiger partial charge in [-0.25, -0.2) is 4.39 Å². The zero-order valence-corrected chi connectivity index (χ0v) is 15.7. The van der Waals surface area contributed by atoms with Gasteiger partial charge >= 0.3 is 0 Å². The summed E-state index contributed by atoms with van der Waals surface area (Å²) in [6.45, 7) is 3.58. The zero-order valence-electron chi connectivity index (χ0n) is 14.9. The Hall–Kier alpha value is -3.07. The summed E-state index contributed by atoms with van der Waals surface area (Å²) in [5.41, 5.74) is 0.231. The van der Waals surface area contributed by atoms with Gasteiger partial charge in [-0.1, -0.05) is 6.92 Å². The molecule has 1 fully saturated rings. The number of hydrogen-bond donors (Lipinski definition) is 0. The molecule has 7 nitrogen and oxygen atoms in total. The summed E-state index contributed by atoms with van der Waals surface area (Å²) < 4.78 is 20.4. The lowest BCUT2D eigenvalue weighted by Crippen LogP contribution is -2.27. The molecule has 1 saturated heterocycles. The molecular formula is C19H16FN3O4S. The molecule has 0 spiro atoms. The minimum absolute atomic E-state index is 0.0418. The van der Waals surface area contributed by atoms with Crippen LogP contribution < -0.4 is 4.74 Å². The quantitative estimate of drug-likeness (QED) is 0.470. The van der Waals surface area contributed by atoms with Crippen LogP contribution in [0, 0.1) is 21.8 Å². The Kier molecular flexibility index (Phi) is 4.68. The summed E-state index contributed by atoms with van der Waals surface area (Å²) in [5.74, 6) is -0.178. The molecule has 1 amide bonds. The zero-order chi connectivity index (χ0) is 19.8. The topological polar surface area (TPSA) is 85.6 Å². The number of nitro benzene ring substituents is 1. The van der Waals surface area contributed by atoms with Gasteiger partial charge in [-0.2, -0.15) is 0 Å². The van der Waals surface area contributed by atoms with Crippen LogP contribution in [-0.4, -0.2) is 33.8 Å². The minimum atomic E-state index is -0.835. The van der Waals surface area contributed by atoms with Crippen molar-refractivity contribution in [1.29, 1.82) is 0 Å². The van der Waals surface area contributed by atoms with E-state index in [1.54, 1.807) is 12.1 Å². The Balaban J connectivity index is 1.64. The van der Waals surface area contributed by atoms with Crippen LogP contribution in [0.1, 0.15) is 23.0 Å². The number of amides is 1. The molecule has 1 aromatic carbocycles. The largest absolute Gasteiger partial charge is 0.453 e. The molecule has 3 heterocycles. The number of carbonyl (C=O) groups is 1. The van der Waals surface area contributed by atoms with Crippen molar-refractivity contribution in [3.05, 3.63) is 57.3 Å².